The van der Waals surface area contributed by atoms with Crippen LogP contribution in [0.4, 0.5) is 0 Å². The molecule has 1 atom stereocenters. The van der Waals surface area contributed by atoms with E-state index in [0.717, 1.165) is 22.0 Å². The smallest absolute Gasteiger partial charge is 0.310 e. The summed E-state index contributed by atoms with van der Waals surface area (Å²) in [6.07, 6.45) is 1.49. The van der Waals surface area contributed by atoms with Gasteiger partial charge in [0.25, 0.3) is 0 Å². The van der Waals surface area contributed by atoms with Gasteiger partial charge in [-0.1, -0.05) is 35.8 Å². The van der Waals surface area contributed by atoms with Crippen molar-refractivity contribution in [1.82, 2.24) is 0 Å². The van der Waals surface area contributed by atoms with Gasteiger partial charge in [-0.15, -0.1) is 0 Å². The zero-order valence-corrected chi connectivity index (χ0v) is 10.5. The summed E-state index contributed by atoms with van der Waals surface area (Å²) in [5, 5.41) is 9.12. The van der Waals surface area contributed by atoms with Crippen molar-refractivity contribution < 1.29 is 9.90 Å². The first-order valence-electron chi connectivity index (χ1n) is 5.11. The number of aryl methyl sites for hydroxylation is 1. The molecule has 0 radical (unpaired) electrons. The fourth-order valence-corrected chi connectivity index (χ4v) is 2.12. The third-order valence-corrected chi connectivity index (χ3v) is 3.06. The Morgan fingerprint density at radius 3 is 2.60 bits per heavy atom. The van der Waals surface area contributed by atoms with Gasteiger partial charge in [0.2, 0.25) is 0 Å². The Morgan fingerprint density at radius 2 is 2.13 bits per heavy atom. The second-order valence-corrected chi connectivity index (χ2v) is 4.41. The van der Waals surface area contributed by atoms with E-state index in [0.29, 0.717) is 6.42 Å². The number of hydrogen-bond acceptors (Lipinski definition) is 1. The van der Waals surface area contributed by atoms with Crippen molar-refractivity contribution in [3.05, 3.63) is 33.8 Å². The standard InChI is InChI=1S/C12H15BrO2/c1-3-8-5-6-9(13)7-11(8)10(4-2)12(14)15/h5-7,10H,3-4H2,1-2H3,(H,14,15). The van der Waals surface area contributed by atoms with Gasteiger partial charge in [0.05, 0.1) is 5.92 Å². The highest BCUT2D eigenvalue weighted by Crippen LogP contribution is 2.27. The maximum atomic E-state index is 11.1. The Hall–Kier alpha value is -0.830. The van der Waals surface area contributed by atoms with E-state index in [1.807, 2.05) is 32.0 Å². The van der Waals surface area contributed by atoms with Gasteiger partial charge >= 0.3 is 5.97 Å². The summed E-state index contributed by atoms with van der Waals surface area (Å²) in [5.41, 5.74) is 2.05. The number of benzene rings is 1. The summed E-state index contributed by atoms with van der Waals surface area (Å²) >= 11 is 3.38. The molecule has 15 heavy (non-hydrogen) atoms. The molecule has 0 aliphatic heterocycles. The van der Waals surface area contributed by atoms with Gasteiger partial charge in [-0.2, -0.15) is 0 Å². The highest BCUT2D eigenvalue weighted by atomic mass is 79.9. The molecule has 0 saturated carbocycles. The van der Waals surface area contributed by atoms with Gasteiger partial charge in [0.15, 0.2) is 0 Å². The topological polar surface area (TPSA) is 37.3 Å². The predicted molar refractivity (Wildman–Crippen MR) is 64.2 cm³/mol. The van der Waals surface area contributed by atoms with E-state index in [9.17, 15) is 4.79 Å². The third-order valence-electron chi connectivity index (χ3n) is 2.57. The number of aliphatic carboxylic acids is 1. The molecule has 1 unspecified atom stereocenters. The van der Waals surface area contributed by atoms with Crippen LogP contribution in [0.25, 0.3) is 0 Å². The van der Waals surface area contributed by atoms with Crippen LogP contribution in [0.15, 0.2) is 22.7 Å². The van der Waals surface area contributed by atoms with E-state index in [1.54, 1.807) is 0 Å². The number of carboxylic acid groups (broad SMARTS) is 1. The van der Waals surface area contributed by atoms with Crippen LogP contribution in [-0.2, 0) is 11.2 Å². The van der Waals surface area contributed by atoms with Crippen LogP contribution in [0, 0.1) is 0 Å². The molecule has 0 spiro atoms. The summed E-state index contributed by atoms with van der Waals surface area (Å²) in [7, 11) is 0. The monoisotopic (exact) mass is 270 g/mol. The van der Waals surface area contributed by atoms with Gasteiger partial charge in [-0.25, -0.2) is 0 Å². The van der Waals surface area contributed by atoms with Crippen LogP contribution >= 0.6 is 15.9 Å². The summed E-state index contributed by atoms with van der Waals surface area (Å²) < 4.78 is 0.939. The molecule has 3 heteroatoms. The van der Waals surface area contributed by atoms with Crippen LogP contribution < -0.4 is 0 Å². The molecule has 82 valence electrons. The lowest BCUT2D eigenvalue weighted by atomic mass is 9.91. The quantitative estimate of drug-likeness (QED) is 0.908. The molecule has 0 bridgehead atoms. The minimum Gasteiger partial charge on any atom is -0.481 e. The number of carbonyl (C=O) groups is 1. The SMILES string of the molecule is CCc1ccc(Br)cc1C(CC)C(=O)O. The molecule has 1 rings (SSSR count). The molecular formula is C12H15BrO2. The first-order chi connectivity index (χ1) is 7.10. The van der Waals surface area contributed by atoms with Crippen molar-refractivity contribution in [2.24, 2.45) is 0 Å². The van der Waals surface area contributed by atoms with Gasteiger partial charge < -0.3 is 5.11 Å². The molecule has 1 aromatic carbocycles. The van der Waals surface area contributed by atoms with Crippen LogP contribution in [0.3, 0.4) is 0 Å². The lowest BCUT2D eigenvalue weighted by molar-refractivity contribution is -0.138. The Balaban J connectivity index is 3.19. The van der Waals surface area contributed by atoms with E-state index in [1.165, 1.54) is 0 Å². The zero-order valence-electron chi connectivity index (χ0n) is 8.96. The van der Waals surface area contributed by atoms with Crippen molar-refractivity contribution in [2.45, 2.75) is 32.6 Å². The normalized spacial score (nSPS) is 12.5. The predicted octanol–water partition coefficient (Wildman–Crippen LogP) is 3.59. The molecule has 0 heterocycles. The molecule has 0 aliphatic carbocycles. The minimum absolute atomic E-state index is 0.391. The average Bonchev–Trinajstić information content (AvgIpc) is 2.18. The average molecular weight is 271 g/mol. The molecule has 0 aliphatic rings. The van der Waals surface area contributed by atoms with Crippen LogP contribution in [-0.4, -0.2) is 11.1 Å². The van der Waals surface area contributed by atoms with Crippen LogP contribution in [0.5, 0.6) is 0 Å². The molecule has 1 N–H and O–H groups in total. The lowest BCUT2D eigenvalue weighted by Gasteiger charge is -2.14. The van der Waals surface area contributed by atoms with Crippen molar-refractivity contribution >= 4 is 21.9 Å². The van der Waals surface area contributed by atoms with Gasteiger partial charge in [0, 0.05) is 4.47 Å². The van der Waals surface area contributed by atoms with Crippen molar-refractivity contribution in [3.63, 3.8) is 0 Å². The Morgan fingerprint density at radius 1 is 1.47 bits per heavy atom. The van der Waals surface area contributed by atoms with Crippen molar-refractivity contribution in [3.8, 4) is 0 Å². The van der Waals surface area contributed by atoms with E-state index in [4.69, 9.17) is 5.11 Å². The van der Waals surface area contributed by atoms with Crippen molar-refractivity contribution in [2.75, 3.05) is 0 Å². The number of hydrogen-bond donors (Lipinski definition) is 1. The molecule has 0 saturated heterocycles. The number of halogens is 1. The fraction of sp³-hybridized carbons (Fsp3) is 0.417. The van der Waals surface area contributed by atoms with E-state index < -0.39 is 11.9 Å². The summed E-state index contributed by atoms with van der Waals surface area (Å²) in [4.78, 5) is 11.1. The van der Waals surface area contributed by atoms with Gasteiger partial charge in [0.1, 0.15) is 0 Å². The first kappa shape index (κ1) is 12.2. The third kappa shape index (κ3) is 2.81. The lowest BCUT2D eigenvalue weighted by Crippen LogP contribution is -2.12. The fourth-order valence-electron chi connectivity index (χ4n) is 1.74. The second kappa shape index (κ2) is 5.31. The molecular weight excluding hydrogens is 256 g/mol. The minimum atomic E-state index is -0.745. The summed E-state index contributed by atoms with van der Waals surface area (Å²) in [5.74, 6) is -1.14. The molecule has 0 fully saturated rings. The Kier molecular flexibility index (Phi) is 4.33. The first-order valence-corrected chi connectivity index (χ1v) is 5.90. The van der Waals surface area contributed by atoms with E-state index in [2.05, 4.69) is 15.9 Å². The number of rotatable bonds is 4. The van der Waals surface area contributed by atoms with E-state index in [-0.39, 0.29) is 0 Å². The maximum absolute atomic E-state index is 11.1. The second-order valence-electron chi connectivity index (χ2n) is 3.50. The van der Waals surface area contributed by atoms with Crippen LogP contribution in [0.2, 0.25) is 0 Å². The maximum Gasteiger partial charge on any atom is 0.310 e. The van der Waals surface area contributed by atoms with Crippen molar-refractivity contribution in [1.29, 1.82) is 0 Å². The Labute approximate surface area is 98.4 Å². The van der Waals surface area contributed by atoms with Gasteiger partial charge in [-0.3, -0.25) is 4.79 Å². The summed E-state index contributed by atoms with van der Waals surface area (Å²) in [6.45, 7) is 3.94. The van der Waals surface area contributed by atoms with Gasteiger partial charge in [-0.05, 0) is 36.1 Å². The highest BCUT2D eigenvalue weighted by molar-refractivity contribution is 9.10. The van der Waals surface area contributed by atoms with Crippen LogP contribution in [0.1, 0.15) is 37.3 Å². The van der Waals surface area contributed by atoms with E-state index >= 15 is 0 Å². The largest absolute Gasteiger partial charge is 0.481 e. The summed E-state index contributed by atoms with van der Waals surface area (Å²) in [6, 6.07) is 5.86. The number of carboxylic acids is 1. The molecule has 0 amide bonds. The Bertz CT molecular complexity index is 361. The molecule has 0 aromatic heterocycles. The highest BCUT2D eigenvalue weighted by Gasteiger charge is 2.20. The zero-order chi connectivity index (χ0) is 11.4. The molecule has 2 nitrogen and oxygen atoms in total. The molecule has 1 aromatic rings.